The van der Waals surface area contributed by atoms with Crippen LogP contribution >= 0.6 is 28.9 Å². The molecule has 0 bridgehead atoms. The summed E-state index contributed by atoms with van der Waals surface area (Å²) < 4.78 is 6.87. The van der Waals surface area contributed by atoms with Crippen LogP contribution in [0.4, 0.5) is 17.1 Å². The summed E-state index contributed by atoms with van der Waals surface area (Å²) in [7, 11) is 0.00218. The third-order valence-electron chi connectivity index (χ3n) is 5.24. The third kappa shape index (κ3) is 4.09. The number of fused-ring (bicyclic) bond motifs is 2. The molecule has 6 heteroatoms. The third-order valence-corrected chi connectivity index (χ3v) is 9.52. The van der Waals surface area contributed by atoms with E-state index < -0.39 is 0 Å². The topological polar surface area (TPSA) is 28.1 Å². The molecule has 0 aromatic heterocycles. The van der Waals surface area contributed by atoms with Gasteiger partial charge in [-0.3, -0.25) is 0 Å². The van der Waals surface area contributed by atoms with Crippen LogP contribution in [-0.4, -0.2) is 39.4 Å². The molecule has 0 aliphatic carbocycles. The first-order chi connectivity index (χ1) is 13.7. The van der Waals surface area contributed by atoms with E-state index in [1.54, 1.807) is 0 Å². The van der Waals surface area contributed by atoms with Crippen LogP contribution in [0.15, 0.2) is 46.3 Å². The molecule has 1 atom stereocenters. The van der Waals surface area contributed by atoms with Crippen molar-refractivity contribution in [2.24, 2.45) is 4.99 Å². The van der Waals surface area contributed by atoms with Crippen LogP contribution < -0.4 is 15.2 Å². The second-order valence-electron chi connectivity index (χ2n) is 7.26. The number of halogens is 1. The van der Waals surface area contributed by atoms with E-state index in [4.69, 9.17) is 9.73 Å². The normalized spacial score (nSPS) is 18.2. The minimum absolute atomic E-state index is 0.00218. The van der Waals surface area contributed by atoms with E-state index >= 15 is 0 Å². The van der Waals surface area contributed by atoms with E-state index in [9.17, 15) is 0 Å². The molecule has 2 aromatic carbocycles. The molecule has 2 aliphatic rings. The molecule has 0 saturated carbocycles. The van der Waals surface area contributed by atoms with Crippen molar-refractivity contribution in [1.29, 1.82) is 0 Å². The number of nitrogens with zero attached hydrogens (tertiary/aromatic N) is 3. The Morgan fingerprint density at radius 1 is 1.07 bits per heavy atom. The van der Waals surface area contributed by atoms with Gasteiger partial charge in [-0.2, -0.15) is 0 Å². The van der Waals surface area contributed by atoms with Crippen LogP contribution in [0.25, 0.3) is 0 Å². The summed E-state index contributed by atoms with van der Waals surface area (Å²) in [5.41, 5.74) is 3.75. The van der Waals surface area contributed by atoms with Crippen LogP contribution in [0.2, 0.25) is 0 Å². The second kappa shape index (κ2) is 9.13. The van der Waals surface area contributed by atoms with Crippen molar-refractivity contribution in [3.63, 3.8) is 0 Å². The Hall–Kier alpha value is -1.12. The number of benzene rings is 2. The number of hydrogen-bond acceptors (Lipinski definition) is 4. The van der Waals surface area contributed by atoms with Crippen LogP contribution in [0, 0.1) is 4.51 Å². The molecule has 4 rings (SSSR count). The smallest absolute Gasteiger partial charge is 0.0777 e. The highest BCUT2D eigenvalue weighted by atomic mass is 127. The summed E-state index contributed by atoms with van der Waals surface area (Å²) >= 11 is 2.62. The summed E-state index contributed by atoms with van der Waals surface area (Å²) in [5.74, 6) is 0. The average Bonchev–Trinajstić information content (AvgIpc) is 2.74. The van der Waals surface area contributed by atoms with Crippen molar-refractivity contribution >= 4 is 45.9 Å². The lowest BCUT2D eigenvalue weighted by molar-refractivity contribution is 0.122. The Morgan fingerprint density at radius 3 is 2.54 bits per heavy atom. The quantitative estimate of drug-likeness (QED) is 0.389. The molecule has 0 N–H and O–H groups in total. The molecule has 2 aromatic rings. The summed E-state index contributed by atoms with van der Waals surface area (Å²) in [6.07, 6.45) is 2.34. The molecular weight excluding hydrogens is 481 g/mol. The van der Waals surface area contributed by atoms with Gasteiger partial charge in [0.2, 0.25) is 0 Å². The summed E-state index contributed by atoms with van der Waals surface area (Å²) in [6.45, 7) is 10.3. The highest BCUT2D eigenvalue weighted by Gasteiger charge is 2.17. The molecule has 2 heterocycles. The van der Waals surface area contributed by atoms with Gasteiger partial charge >= 0.3 is 0 Å². The van der Waals surface area contributed by atoms with Crippen molar-refractivity contribution in [3.8, 4) is 0 Å². The number of rotatable bonds is 6. The van der Waals surface area contributed by atoms with E-state index in [1.807, 2.05) is 0 Å². The van der Waals surface area contributed by atoms with E-state index in [1.165, 1.54) is 33.6 Å². The van der Waals surface area contributed by atoms with Gasteiger partial charge in [-0.05, 0) is 70.4 Å². The first-order valence-electron chi connectivity index (χ1n) is 10.2. The second-order valence-corrected chi connectivity index (χ2v) is 11.3. The maximum absolute atomic E-state index is 5.51. The van der Waals surface area contributed by atoms with Gasteiger partial charge in [0, 0.05) is 47.0 Å². The molecule has 1 unspecified atom stereocenters. The molecular formula is C22H28IN3OS. The van der Waals surface area contributed by atoms with Gasteiger partial charge in [-0.25, -0.2) is 4.99 Å². The van der Waals surface area contributed by atoms with Gasteiger partial charge in [0.05, 0.1) is 24.3 Å². The van der Waals surface area contributed by atoms with Crippen LogP contribution in [-0.2, 0) is 4.74 Å². The van der Waals surface area contributed by atoms with Crippen molar-refractivity contribution in [2.75, 3.05) is 49.2 Å². The zero-order valence-electron chi connectivity index (χ0n) is 16.7. The SMILES string of the molecule is CCCN(CCC)c1ccc2c(c1)=S(I)c1cc(N3CCOCC3)ccc1N=2. The Labute approximate surface area is 182 Å². The molecule has 28 heavy (non-hydrogen) atoms. The standard InChI is InChI=1S/C22H28IN3OS/c1-3-9-25(10-4-2)17-5-7-19-21(15-17)28(23)22-16-18(6-8-20(22)24-19)26-11-13-27-14-12-26/h5-8,15-16H,3-4,9-14H2,1-2H3. The maximum atomic E-state index is 5.51. The highest BCUT2D eigenvalue weighted by Crippen LogP contribution is 2.46. The first-order valence-corrected chi connectivity index (χ1v) is 14.0. The molecule has 150 valence electrons. The molecule has 0 spiro atoms. The van der Waals surface area contributed by atoms with E-state index in [0.717, 1.165) is 50.4 Å². The maximum Gasteiger partial charge on any atom is 0.0777 e. The lowest BCUT2D eigenvalue weighted by Crippen LogP contribution is -2.36. The average molecular weight is 509 g/mol. The van der Waals surface area contributed by atoms with Crippen molar-refractivity contribution in [2.45, 2.75) is 31.6 Å². The molecule has 1 fully saturated rings. The Balaban J connectivity index is 1.75. The minimum atomic E-state index is 0.00218. The van der Waals surface area contributed by atoms with Gasteiger partial charge < -0.3 is 14.5 Å². The summed E-state index contributed by atoms with van der Waals surface area (Å²) in [6, 6.07) is 13.6. The molecule has 1 saturated heterocycles. The Kier molecular flexibility index (Phi) is 6.58. The minimum Gasteiger partial charge on any atom is -0.378 e. The lowest BCUT2D eigenvalue weighted by atomic mass is 10.2. The van der Waals surface area contributed by atoms with E-state index in [2.05, 4.69) is 81.3 Å². The largest absolute Gasteiger partial charge is 0.378 e. The monoisotopic (exact) mass is 509 g/mol. The Bertz CT molecular complexity index is 966. The zero-order valence-corrected chi connectivity index (χ0v) is 19.6. The fourth-order valence-corrected chi connectivity index (χ4v) is 7.25. The number of morpholine rings is 1. The van der Waals surface area contributed by atoms with Crippen molar-refractivity contribution < 1.29 is 4.74 Å². The zero-order chi connectivity index (χ0) is 19.5. The number of hydrogen-bond donors (Lipinski definition) is 0. The van der Waals surface area contributed by atoms with E-state index in [0.29, 0.717) is 0 Å². The molecule has 4 nitrogen and oxygen atoms in total. The van der Waals surface area contributed by atoms with Gasteiger partial charge in [0.1, 0.15) is 0 Å². The predicted octanol–water partition coefficient (Wildman–Crippen LogP) is 5.34. The lowest BCUT2D eigenvalue weighted by Gasteiger charge is -2.29. The van der Waals surface area contributed by atoms with Gasteiger partial charge in [-0.1, -0.05) is 21.5 Å². The van der Waals surface area contributed by atoms with Crippen molar-refractivity contribution in [3.05, 3.63) is 46.3 Å². The van der Waals surface area contributed by atoms with Crippen LogP contribution in [0.5, 0.6) is 0 Å². The van der Waals surface area contributed by atoms with Crippen molar-refractivity contribution in [1.82, 2.24) is 0 Å². The van der Waals surface area contributed by atoms with Gasteiger partial charge in [0.25, 0.3) is 0 Å². The Morgan fingerprint density at radius 2 is 1.82 bits per heavy atom. The summed E-state index contributed by atoms with van der Waals surface area (Å²) in [4.78, 5) is 11.3. The molecule has 0 amide bonds. The van der Waals surface area contributed by atoms with Gasteiger partial charge in [-0.15, -0.1) is 0 Å². The predicted molar refractivity (Wildman–Crippen MR) is 128 cm³/mol. The van der Waals surface area contributed by atoms with Crippen LogP contribution in [0.1, 0.15) is 26.7 Å². The number of ether oxygens (including phenoxy) is 1. The molecule has 0 radical (unpaired) electrons. The number of anilines is 2. The van der Waals surface area contributed by atoms with Crippen LogP contribution in [0.3, 0.4) is 0 Å². The first kappa shape index (κ1) is 20.2. The fourth-order valence-electron chi connectivity index (χ4n) is 3.85. The fraction of sp³-hybridized carbons (Fsp3) is 0.455. The summed E-state index contributed by atoms with van der Waals surface area (Å²) in [5, 5.41) is 1.13. The molecule has 2 aliphatic heterocycles. The van der Waals surface area contributed by atoms with E-state index in [-0.39, 0.29) is 7.66 Å². The van der Waals surface area contributed by atoms with Gasteiger partial charge in [0.15, 0.2) is 0 Å². The highest BCUT2D eigenvalue weighted by molar-refractivity contribution is 14.2.